The lowest BCUT2D eigenvalue weighted by atomic mass is 10.2. The number of ether oxygens (including phenoxy) is 1. The summed E-state index contributed by atoms with van der Waals surface area (Å²) in [7, 11) is 1.54. The second-order valence-electron chi connectivity index (χ2n) is 7.26. The molecule has 30 heavy (non-hydrogen) atoms. The third-order valence-corrected chi connectivity index (χ3v) is 5.91. The number of allylic oxidation sites excluding steroid dienone is 2. The second kappa shape index (κ2) is 7.53. The average Bonchev–Trinajstić information content (AvgIpc) is 3.52. The summed E-state index contributed by atoms with van der Waals surface area (Å²) >= 11 is 1.73. The van der Waals surface area contributed by atoms with E-state index >= 15 is 0 Å². The fourth-order valence-corrected chi connectivity index (χ4v) is 4.13. The minimum atomic E-state index is -0.456. The van der Waals surface area contributed by atoms with E-state index in [1.54, 1.807) is 46.9 Å². The summed E-state index contributed by atoms with van der Waals surface area (Å²) in [6.07, 6.45) is 11.5. The molecule has 1 N–H and O–H groups in total. The first-order chi connectivity index (χ1) is 14.6. The van der Waals surface area contributed by atoms with Crippen LogP contribution in [0.2, 0.25) is 0 Å². The Balaban J connectivity index is 1.48. The minimum Gasteiger partial charge on any atom is -0.494 e. The fraction of sp³-hybridized carbons (Fsp3) is 0.227. The van der Waals surface area contributed by atoms with Crippen LogP contribution in [0.5, 0.6) is 5.75 Å². The molecule has 0 atom stereocenters. The number of aromatic nitrogens is 3. The van der Waals surface area contributed by atoms with Gasteiger partial charge in [-0.05, 0) is 42.0 Å². The molecule has 0 radical (unpaired) electrons. The molecule has 0 aromatic carbocycles. The number of amides is 1. The predicted octanol–water partition coefficient (Wildman–Crippen LogP) is 3.74. The first-order valence-electron chi connectivity index (χ1n) is 9.72. The molecule has 0 spiro atoms. The lowest BCUT2D eigenvalue weighted by Gasteiger charge is -2.11. The number of carbonyl (C=O) groups is 1. The van der Waals surface area contributed by atoms with E-state index in [4.69, 9.17) is 4.74 Å². The van der Waals surface area contributed by atoms with Crippen LogP contribution in [0.15, 0.2) is 59.1 Å². The molecule has 1 aliphatic carbocycles. The van der Waals surface area contributed by atoms with Crippen molar-refractivity contribution in [2.75, 3.05) is 18.2 Å². The van der Waals surface area contributed by atoms with Crippen LogP contribution in [-0.4, -0.2) is 32.7 Å². The van der Waals surface area contributed by atoms with Crippen molar-refractivity contribution in [1.82, 2.24) is 14.0 Å². The van der Waals surface area contributed by atoms with Gasteiger partial charge in [0, 0.05) is 36.5 Å². The number of carbonyl (C=O) groups excluding carboxylic acids is 1. The number of anilines is 1. The van der Waals surface area contributed by atoms with Crippen LogP contribution < -0.4 is 15.6 Å². The highest BCUT2D eigenvalue weighted by Gasteiger charge is 2.26. The van der Waals surface area contributed by atoms with Crippen molar-refractivity contribution in [3.8, 4) is 5.75 Å². The number of rotatable bonds is 5. The minimum absolute atomic E-state index is 0.118. The number of hydrogen-bond acceptors (Lipinski definition) is 5. The molecule has 1 amide bonds. The number of imidazole rings is 1. The number of thioether (sulfide) groups is 1. The van der Waals surface area contributed by atoms with Gasteiger partial charge in [-0.25, -0.2) is 4.98 Å². The molecular formula is C22H20N4O3S. The quantitative estimate of drug-likeness (QED) is 0.680. The average molecular weight is 420 g/mol. The van der Waals surface area contributed by atoms with Crippen molar-refractivity contribution in [3.63, 3.8) is 0 Å². The lowest BCUT2D eigenvalue weighted by Crippen LogP contribution is -2.28. The fourth-order valence-electron chi connectivity index (χ4n) is 3.50. The Morgan fingerprint density at radius 3 is 2.93 bits per heavy atom. The van der Waals surface area contributed by atoms with Gasteiger partial charge in [0.25, 0.3) is 11.5 Å². The molecule has 1 aliphatic heterocycles. The molecule has 1 saturated carbocycles. The Morgan fingerprint density at radius 1 is 1.33 bits per heavy atom. The van der Waals surface area contributed by atoms with Crippen molar-refractivity contribution < 1.29 is 9.53 Å². The first-order valence-corrected chi connectivity index (χ1v) is 10.8. The maximum atomic E-state index is 12.9. The summed E-state index contributed by atoms with van der Waals surface area (Å²) in [5.41, 5.74) is 2.95. The van der Waals surface area contributed by atoms with Crippen LogP contribution in [-0.2, 0) is 0 Å². The molecule has 3 aromatic rings. The van der Waals surface area contributed by atoms with Crippen LogP contribution in [0.3, 0.4) is 0 Å². The molecule has 8 heteroatoms. The number of pyridine rings is 2. The number of nitrogens with zero attached hydrogens (tertiary/aromatic N) is 3. The summed E-state index contributed by atoms with van der Waals surface area (Å²) in [6.45, 7) is 0. The third-order valence-electron chi connectivity index (χ3n) is 5.22. The summed E-state index contributed by atoms with van der Waals surface area (Å²) in [5, 5.41) is 4.88. The summed E-state index contributed by atoms with van der Waals surface area (Å²) in [4.78, 5) is 30.2. The number of methoxy groups -OCH3 is 1. The van der Waals surface area contributed by atoms with E-state index < -0.39 is 5.91 Å². The zero-order valence-corrected chi connectivity index (χ0v) is 17.2. The highest BCUT2D eigenvalue weighted by molar-refractivity contribution is 8.02. The van der Waals surface area contributed by atoms with E-state index in [1.165, 1.54) is 7.11 Å². The Kier molecular flexibility index (Phi) is 4.71. The van der Waals surface area contributed by atoms with Crippen LogP contribution in [0.1, 0.15) is 34.9 Å². The van der Waals surface area contributed by atoms with Crippen molar-refractivity contribution in [3.05, 3.63) is 76.0 Å². The van der Waals surface area contributed by atoms with E-state index in [9.17, 15) is 9.59 Å². The van der Waals surface area contributed by atoms with Crippen molar-refractivity contribution in [1.29, 1.82) is 0 Å². The monoisotopic (exact) mass is 420 g/mol. The number of hydrogen-bond donors (Lipinski definition) is 1. The molecule has 4 heterocycles. The summed E-state index contributed by atoms with van der Waals surface area (Å²) < 4.78 is 8.95. The largest absolute Gasteiger partial charge is 0.494 e. The first kappa shape index (κ1) is 18.7. The summed E-state index contributed by atoms with van der Waals surface area (Å²) in [5.74, 6) is 0.942. The zero-order chi connectivity index (χ0) is 20.7. The van der Waals surface area contributed by atoms with E-state index in [0.29, 0.717) is 17.1 Å². The molecule has 7 nitrogen and oxygen atoms in total. The molecule has 0 unspecified atom stereocenters. The van der Waals surface area contributed by atoms with E-state index in [2.05, 4.69) is 21.8 Å². The van der Waals surface area contributed by atoms with Gasteiger partial charge in [-0.3, -0.25) is 9.59 Å². The van der Waals surface area contributed by atoms with Gasteiger partial charge in [0.1, 0.15) is 22.6 Å². The van der Waals surface area contributed by atoms with Crippen molar-refractivity contribution in [2.24, 2.45) is 0 Å². The van der Waals surface area contributed by atoms with Gasteiger partial charge >= 0.3 is 0 Å². The Bertz CT molecular complexity index is 1270. The van der Waals surface area contributed by atoms with Crippen LogP contribution in [0.4, 0.5) is 5.69 Å². The molecule has 152 valence electrons. The van der Waals surface area contributed by atoms with Crippen LogP contribution >= 0.6 is 11.8 Å². The van der Waals surface area contributed by atoms with Gasteiger partial charge in [-0.15, -0.1) is 11.8 Å². The van der Waals surface area contributed by atoms with Crippen LogP contribution in [0.25, 0.3) is 11.2 Å². The lowest BCUT2D eigenvalue weighted by molar-refractivity contribution is 0.102. The van der Waals surface area contributed by atoms with Gasteiger partial charge in [-0.2, -0.15) is 0 Å². The maximum absolute atomic E-state index is 12.9. The Morgan fingerprint density at radius 2 is 2.20 bits per heavy atom. The molecule has 5 rings (SSSR count). The second-order valence-corrected chi connectivity index (χ2v) is 8.20. The summed E-state index contributed by atoms with van der Waals surface area (Å²) in [6, 6.07) is 5.27. The van der Waals surface area contributed by atoms with Gasteiger partial charge in [0.15, 0.2) is 0 Å². The molecular weight excluding hydrogens is 400 g/mol. The Hall–Kier alpha value is -3.26. The van der Waals surface area contributed by atoms with Gasteiger partial charge in [0.2, 0.25) is 0 Å². The molecule has 0 saturated heterocycles. The normalized spacial score (nSPS) is 15.8. The van der Waals surface area contributed by atoms with Crippen molar-refractivity contribution >= 4 is 34.6 Å². The SMILES string of the molecule is COc1cc2nc(C3=CCSC=C3)cn2cc1NC(=O)c1cccn(C2CC2)c1=O. The van der Waals surface area contributed by atoms with Crippen LogP contribution in [0, 0.1) is 0 Å². The smallest absolute Gasteiger partial charge is 0.263 e. The van der Waals surface area contributed by atoms with E-state index in [-0.39, 0.29) is 17.2 Å². The standard InChI is InChI=1S/C22H20N4O3S/c1-29-19-11-20-23-17(14-6-9-30-10-7-14)12-25(20)13-18(19)24-21(27)16-3-2-8-26(22(16)28)15-4-5-15/h2-3,6-9,11-13,15H,4-5,10H2,1H3,(H,24,27). The van der Waals surface area contributed by atoms with Gasteiger partial charge < -0.3 is 19.0 Å². The van der Waals surface area contributed by atoms with Gasteiger partial charge in [-0.1, -0.05) is 6.08 Å². The van der Waals surface area contributed by atoms with Crippen molar-refractivity contribution in [2.45, 2.75) is 18.9 Å². The molecule has 3 aromatic heterocycles. The molecule has 2 aliphatic rings. The number of nitrogens with one attached hydrogen (secondary N) is 1. The van der Waals surface area contributed by atoms with E-state index in [0.717, 1.165) is 29.9 Å². The molecule has 0 bridgehead atoms. The van der Waals surface area contributed by atoms with E-state index in [1.807, 2.05) is 16.7 Å². The number of fused-ring (bicyclic) bond motifs is 1. The topological polar surface area (TPSA) is 77.6 Å². The molecule has 1 fully saturated rings. The highest BCUT2D eigenvalue weighted by atomic mass is 32.2. The third kappa shape index (κ3) is 3.43. The zero-order valence-electron chi connectivity index (χ0n) is 16.4. The predicted molar refractivity (Wildman–Crippen MR) is 118 cm³/mol. The van der Waals surface area contributed by atoms with Gasteiger partial charge in [0.05, 0.1) is 12.8 Å². The maximum Gasteiger partial charge on any atom is 0.263 e. The Labute approximate surface area is 177 Å². The highest BCUT2D eigenvalue weighted by Crippen LogP contribution is 2.33.